The van der Waals surface area contributed by atoms with Crippen molar-refractivity contribution < 1.29 is 14.8 Å². The molecule has 0 aliphatic carbocycles. The van der Waals surface area contributed by atoms with Gasteiger partial charge in [-0.25, -0.2) is 0 Å². The molecule has 1 heterocycles. The minimum atomic E-state index is -1.13. The van der Waals surface area contributed by atoms with Gasteiger partial charge in [-0.2, -0.15) is 0 Å². The lowest BCUT2D eigenvalue weighted by Crippen LogP contribution is -2.03. The Morgan fingerprint density at radius 2 is 1.42 bits per heavy atom. The van der Waals surface area contributed by atoms with Gasteiger partial charge in [0.05, 0.1) is 4.92 Å². The molecule has 1 aromatic carbocycles. The maximum Gasteiger partial charge on any atom is 0.463 e. The molecule has 0 N–H and O–H groups in total. The third kappa shape index (κ3) is 1.99. The number of aromatic nitrogens is 2. The highest BCUT2D eigenvalue weighted by molar-refractivity contribution is 5.85. The van der Waals surface area contributed by atoms with Crippen molar-refractivity contribution in [1.82, 2.24) is 9.97 Å². The number of hydrogen-bond donors (Lipinski definition) is 0. The Morgan fingerprint density at radius 3 is 1.95 bits per heavy atom. The van der Waals surface area contributed by atoms with Crippen molar-refractivity contribution in [1.29, 1.82) is 0 Å². The van der Waals surface area contributed by atoms with Crippen molar-refractivity contribution in [3.05, 3.63) is 48.5 Å². The van der Waals surface area contributed by atoms with E-state index in [9.17, 15) is 30.3 Å². The van der Waals surface area contributed by atoms with Crippen LogP contribution in [0.15, 0.2) is 18.2 Å². The summed E-state index contributed by atoms with van der Waals surface area (Å²) in [5.74, 6) is -2.19. The largest absolute Gasteiger partial charge is 0.463 e. The Balaban J connectivity index is 2.89. The smallest absolute Gasteiger partial charge is 0.358 e. The summed E-state index contributed by atoms with van der Waals surface area (Å²) in [6, 6.07) is 3.57. The summed E-state index contributed by atoms with van der Waals surface area (Å²) in [6.45, 7) is 0. The van der Waals surface area contributed by atoms with Crippen LogP contribution in [0.3, 0.4) is 0 Å². The number of benzene rings is 1. The van der Waals surface area contributed by atoms with Crippen LogP contribution < -0.4 is 0 Å². The first-order valence-corrected chi connectivity index (χ1v) is 4.65. The van der Waals surface area contributed by atoms with Gasteiger partial charge >= 0.3 is 22.8 Å². The van der Waals surface area contributed by atoms with Gasteiger partial charge in [-0.3, -0.25) is 10.1 Å². The number of rotatable bonds is 3. The lowest BCUT2D eigenvalue weighted by Gasteiger charge is -1.96. The second-order valence-corrected chi connectivity index (χ2v) is 3.29. The molecule has 2 rings (SSSR count). The molecule has 2 aromatic rings. The van der Waals surface area contributed by atoms with E-state index in [0.717, 1.165) is 6.07 Å². The third-order valence-corrected chi connectivity index (χ3v) is 2.18. The number of nitrogens with zero attached hydrogens (tertiary/aromatic N) is 5. The zero-order valence-corrected chi connectivity index (χ0v) is 8.92. The van der Waals surface area contributed by atoms with Gasteiger partial charge in [-0.1, -0.05) is 6.07 Å². The van der Waals surface area contributed by atoms with E-state index >= 15 is 0 Å². The van der Waals surface area contributed by atoms with E-state index in [1.165, 1.54) is 12.1 Å². The zero-order valence-electron chi connectivity index (χ0n) is 8.92. The van der Waals surface area contributed by atoms with E-state index in [1.807, 2.05) is 0 Å². The number of nitro benzene ring substituents is 1. The van der Waals surface area contributed by atoms with E-state index in [-0.39, 0.29) is 11.0 Å². The predicted octanol–water partition coefficient (Wildman–Crippen LogP) is 1.35. The monoisotopic (exact) mass is 265 g/mol. The predicted molar refractivity (Wildman–Crippen MR) is 59.5 cm³/mol. The lowest BCUT2D eigenvalue weighted by molar-refractivity contribution is -0.428. The van der Waals surface area contributed by atoms with Gasteiger partial charge in [0.2, 0.25) is 5.52 Å². The summed E-state index contributed by atoms with van der Waals surface area (Å²) in [4.78, 5) is 35.9. The van der Waals surface area contributed by atoms with Crippen LogP contribution in [0.2, 0.25) is 0 Å². The molecule has 0 fully saturated rings. The number of nitro groups is 3. The zero-order chi connectivity index (χ0) is 14.2. The topological polar surface area (TPSA) is 155 Å². The average Bonchev–Trinajstić information content (AvgIpc) is 2.35. The molecule has 96 valence electrons. The van der Waals surface area contributed by atoms with E-state index < -0.39 is 32.1 Å². The molecule has 11 nitrogen and oxygen atoms in total. The molecule has 1 aromatic heterocycles. The van der Waals surface area contributed by atoms with Crippen molar-refractivity contribution in [2.75, 3.05) is 0 Å². The molecule has 0 amide bonds. The van der Waals surface area contributed by atoms with Crippen LogP contribution in [0.1, 0.15) is 0 Å². The molecular weight excluding hydrogens is 262 g/mol. The Morgan fingerprint density at radius 1 is 0.842 bits per heavy atom. The molecule has 0 aliphatic heterocycles. The average molecular weight is 265 g/mol. The second-order valence-electron chi connectivity index (χ2n) is 3.29. The lowest BCUT2D eigenvalue weighted by atomic mass is 10.2. The normalized spacial score (nSPS) is 10.3. The number of fused-ring (bicyclic) bond motifs is 1. The molecule has 0 atom stereocenters. The fourth-order valence-electron chi connectivity index (χ4n) is 1.44. The molecule has 0 bridgehead atoms. The fraction of sp³-hybridized carbons (Fsp3) is 0. The van der Waals surface area contributed by atoms with Crippen molar-refractivity contribution in [3.8, 4) is 0 Å². The Kier molecular flexibility index (Phi) is 2.71. The van der Waals surface area contributed by atoms with E-state index in [4.69, 9.17) is 0 Å². The number of para-hydroxylation sites is 1. The minimum Gasteiger partial charge on any atom is -0.358 e. The van der Waals surface area contributed by atoms with Crippen LogP contribution in [0.5, 0.6) is 0 Å². The van der Waals surface area contributed by atoms with E-state index in [1.54, 1.807) is 0 Å². The SMILES string of the molecule is O=[N+]([O-])c1nc2cccc([N+](=O)[O-])c2nc1[N+](=O)[O-]. The molecule has 0 saturated heterocycles. The molecule has 0 radical (unpaired) electrons. The highest BCUT2D eigenvalue weighted by Crippen LogP contribution is 2.29. The van der Waals surface area contributed by atoms with Crippen molar-refractivity contribution in [3.63, 3.8) is 0 Å². The Hall–Kier alpha value is -3.24. The summed E-state index contributed by atoms with van der Waals surface area (Å²) in [5.41, 5.74) is -1.04. The Bertz CT molecular complexity index is 729. The van der Waals surface area contributed by atoms with Crippen molar-refractivity contribution in [2.24, 2.45) is 0 Å². The second kappa shape index (κ2) is 4.21. The van der Waals surface area contributed by atoms with E-state index in [0.29, 0.717) is 0 Å². The maximum absolute atomic E-state index is 10.7. The first-order chi connectivity index (χ1) is 8.91. The molecule has 0 saturated carbocycles. The van der Waals surface area contributed by atoms with Gasteiger partial charge in [-0.15, -0.1) is 0 Å². The third-order valence-electron chi connectivity index (χ3n) is 2.18. The van der Waals surface area contributed by atoms with Crippen LogP contribution in [0.25, 0.3) is 11.0 Å². The van der Waals surface area contributed by atoms with Gasteiger partial charge < -0.3 is 20.2 Å². The molecule has 0 spiro atoms. The van der Waals surface area contributed by atoms with Gasteiger partial charge in [0.15, 0.2) is 0 Å². The summed E-state index contributed by atoms with van der Waals surface area (Å²) >= 11 is 0. The molecule has 19 heavy (non-hydrogen) atoms. The van der Waals surface area contributed by atoms with Crippen molar-refractivity contribution in [2.45, 2.75) is 0 Å². The van der Waals surface area contributed by atoms with Crippen LogP contribution >= 0.6 is 0 Å². The van der Waals surface area contributed by atoms with Gasteiger partial charge in [-0.05, 0) is 25.9 Å². The standard InChI is InChI=1S/C8H3N5O6/c14-11(15)5-3-1-2-4-6(5)10-8(13(18)19)7(9-4)12(16)17/h1-3H. The molecular formula is C8H3N5O6. The van der Waals surface area contributed by atoms with Crippen LogP contribution in [0.4, 0.5) is 17.3 Å². The highest BCUT2D eigenvalue weighted by atomic mass is 16.6. The summed E-state index contributed by atoms with van der Waals surface area (Å²) in [5, 5.41) is 32.1. The first kappa shape index (κ1) is 12.2. The number of hydrogen-bond acceptors (Lipinski definition) is 8. The van der Waals surface area contributed by atoms with Gasteiger partial charge in [0.25, 0.3) is 0 Å². The number of non-ortho nitro benzene ring substituents is 1. The quantitative estimate of drug-likeness (QED) is 0.594. The molecule has 0 unspecified atom stereocenters. The summed E-state index contributed by atoms with van der Waals surface area (Å²) in [7, 11) is 0. The molecule has 0 aliphatic rings. The minimum absolute atomic E-state index is 0.161. The summed E-state index contributed by atoms with van der Waals surface area (Å²) in [6.07, 6.45) is 0. The molecule has 11 heteroatoms. The maximum atomic E-state index is 10.7. The highest BCUT2D eigenvalue weighted by Gasteiger charge is 2.33. The van der Waals surface area contributed by atoms with Gasteiger partial charge in [0, 0.05) is 6.07 Å². The van der Waals surface area contributed by atoms with Crippen LogP contribution in [0, 0.1) is 30.3 Å². The van der Waals surface area contributed by atoms with Gasteiger partial charge in [0.1, 0.15) is 0 Å². The summed E-state index contributed by atoms with van der Waals surface area (Å²) < 4.78 is 0. The van der Waals surface area contributed by atoms with Crippen LogP contribution in [-0.4, -0.2) is 24.7 Å². The van der Waals surface area contributed by atoms with E-state index in [2.05, 4.69) is 9.97 Å². The van der Waals surface area contributed by atoms with Crippen molar-refractivity contribution >= 4 is 28.4 Å². The first-order valence-electron chi connectivity index (χ1n) is 4.65. The fourth-order valence-corrected chi connectivity index (χ4v) is 1.44. The van der Waals surface area contributed by atoms with Crippen LogP contribution in [-0.2, 0) is 0 Å². The Labute approximate surface area is 103 Å².